The Balaban J connectivity index is 1.50. The van der Waals surface area contributed by atoms with Gasteiger partial charge in [0.05, 0.1) is 4.90 Å². The molecule has 9 heteroatoms. The second kappa shape index (κ2) is 7.89. The van der Waals surface area contributed by atoms with Gasteiger partial charge >= 0.3 is 0 Å². The molecule has 8 nitrogen and oxygen atoms in total. The number of rotatable bonds is 7. The van der Waals surface area contributed by atoms with Crippen LogP contribution in [0.15, 0.2) is 70.3 Å². The molecule has 0 saturated carbocycles. The van der Waals surface area contributed by atoms with Gasteiger partial charge in [-0.2, -0.15) is 0 Å². The van der Waals surface area contributed by atoms with Crippen molar-refractivity contribution in [2.75, 3.05) is 11.9 Å². The molecule has 3 rings (SSSR count). The average Bonchev–Trinajstić information content (AvgIpc) is 3.18. The Bertz CT molecular complexity index is 956. The molecule has 0 atom stereocenters. The Morgan fingerprint density at radius 1 is 1.04 bits per heavy atom. The molecule has 2 N–H and O–H groups in total. The number of sulfonamides is 1. The van der Waals surface area contributed by atoms with Crippen molar-refractivity contribution in [1.82, 2.24) is 14.9 Å². The summed E-state index contributed by atoms with van der Waals surface area (Å²) < 4.78 is 31.6. The van der Waals surface area contributed by atoms with Crippen LogP contribution in [0, 0.1) is 0 Å². The molecule has 0 aliphatic carbocycles. The summed E-state index contributed by atoms with van der Waals surface area (Å²) in [5, 5.41) is 10.1. The van der Waals surface area contributed by atoms with Crippen LogP contribution in [-0.2, 0) is 14.8 Å². The molecular formula is C17H16N4O4S. The first-order valence-electron chi connectivity index (χ1n) is 7.76. The molecule has 0 radical (unpaired) electrons. The molecule has 1 aromatic heterocycles. The lowest BCUT2D eigenvalue weighted by molar-refractivity contribution is -0.116. The molecule has 0 fully saturated rings. The minimum atomic E-state index is -3.61. The Morgan fingerprint density at radius 2 is 1.77 bits per heavy atom. The van der Waals surface area contributed by atoms with E-state index in [1.54, 1.807) is 42.5 Å². The lowest BCUT2D eigenvalue weighted by atomic mass is 10.2. The van der Waals surface area contributed by atoms with E-state index in [-0.39, 0.29) is 23.8 Å². The number of nitrogens with zero attached hydrogens (tertiary/aromatic N) is 2. The Labute approximate surface area is 150 Å². The Morgan fingerprint density at radius 3 is 2.42 bits per heavy atom. The maximum atomic E-state index is 12.1. The maximum Gasteiger partial charge on any atom is 0.247 e. The summed E-state index contributed by atoms with van der Waals surface area (Å²) in [5.41, 5.74) is 1.32. The van der Waals surface area contributed by atoms with E-state index in [1.165, 1.54) is 18.5 Å². The number of anilines is 1. The molecule has 26 heavy (non-hydrogen) atoms. The van der Waals surface area contributed by atoms with Crippen molar-refractivity contribution in [1.29, 1.82) is 0 Å². The third-order valence-electron chi connectivity index (χ3n) is 3.47. The van der Waals surface area contributed by atoms with E-state index >= 15 is 0 Å². The first-order valence-corrected chi connectivity index (χ1v) is 9.24. The summed E-state index contributed by atoms with van der Waals surface area (Å²) in [6, 6.07) is 14.9. The summed E-state index contributed by atoms with van der Waals surface area (Å²) in [6.07, 6.45) is 1.25. The minimum absolute atomic E-state index is 0.00310. The molecule has 0 spiro atoms. The van der Waals surface area contributed by atoms with Crippen molar-refractivity contribution in [2.24, 2.45) is 0 Å². The monoisotopic (exact) mass is 372 g/mol. The number of benzene rings is 2. The molecule has 1 amide bonds. The van der Waals surface area contributed by atoms with Crippen LogP contribution in [0.25, 0.3) is 11.5 Å². The van der Waals surface area contributed by atoms with Crippen LogP contribution < -0.4 is 10.0 Å². The minimum Gasteiger partial charge on any atom is -0.423 e. The molecule has 1 heterocycles. The van der Waals surface area contributed by atoms with Gasteiger partial charge in [-0.15, -0.1) is 10.2 Å². The smallest absolute Gasteiger partial charge is 0.247 e. The lowest BCUT2D eigenvalue weighted by Gasteiger charge is -2.08. The largest absolute Gasteiger partial charge is 0.423 e. The van der Waals surface area contributed by atoms with Crippen molar-refractivity contribution >= 4 is 21.6 Å². The standard InChI is InChI=1S/C17H16N4O4S/c22-16(10-11-19-26(23,24)15-4-2-1-3-5-15)20-14-8-6-13(7-9-14)17-21-18-12-25-17/h1-9,12,19H,10-11H2,(H,20,22). The summed E-state index contributed by atoms with van der Waals surface area (Å²) in [5.74, 6) is 0.0875. The Kier molecular flexibility index (Phi) is 5.40. The van der Waals surface area contributed by atoms with Gasteiger partial charge in [-0.05, 0) is 36.4 Å². The van der Waals surface area contributed by atoms with E-state index in [9.17, 15) is 13.2 Å². The molecule has 0 unspecified atom stereocenters. The third kappa shape index (κ3) is 4.52. The van der Waals surface area contributed by atoms with Crippen LogP contribution in [-0.4, -0.2) is 31.1 Å². The first-order chi connectivity index (χ1) is 12.5. The van der Waals surface area contributed by atoms with Crippen LogP contribution in [0.3, 0.4) is 0 Å². The number of hydrogen-bond acceptors (Lipinski definition) is 6. The van der Waals surface area contributed by atoms with Crippen LogP contribution in [0.4, 0.5) is 5.69 Å². The average molecular weight is 372 g/mol. The molecule has 134 valence electrons. The highest BCUT2D eigenvalue weighted by Gasteiger charge is 2.13. The highest BCUT2D eigenvalue weighted by Crippen LogP contribution is 2.18. The predicted molar refractivity (Wildman–Crippen MR) is 94.6 cm³/mol. The highest BCUT2D eigenvalue weighted by molar-refractivity contribution is 7.89. The van der Waals surface area contributed by atoms with Crippen LogP contribution >= 0.6 is 0 Å². The van der Waals surface area contributed by atoms with E-state index in [4.69, 9.17) is 4.42 Å². The number of aromatic nitrogens is 2. The molecule has 3 aromatic rings. The number of amides is 1. The van der Waals surface area contributed by atoms with Gasteiger partial charge < -0.3 is 9.73 Å². The second-order valence-corrected chi connectivity index (χ2v) is 7.10. The van der Waals surface area contributed by atoms with Gasteiger partial charge in [0.25, 0.3) is 0 Å². The molecule has 0 aliphatic rings. The van der Waals surface area contributed by atoms with Gasteiger partial charge in [-0.3, -0.25) is 4.79 Å². The van der Waals surface area contributed by atoms with Gasteiger partial charge in [-0.25, -0.2) is 13.1 Å². The fourth-order valence-electron chi connectivity index (χ4n) is 2.20. The van der Waals surface area contributed by atoms with E-state index in [2.05, 4.69) is 20.2 Å². The number of hydrogen-bond donors (Lipinski definition) is 2. The summed E-state index contributed by atoms with van der Waals surface area (Å²) in [4.78, 5) is 12.1. The van der Waals surface area contributed by atoms with Crippen molar-refractivity contribution in [3.05, 3.63) is 61.0 Å². The zero-order valence-corrected chi connectivity index (χ0v) is 14.4. The molecule has 0 aliphatic heterocycles. The molecule has 2 aromatic carbocycles. The van der Waals surface area contributed by atoms with Crippen LogP contribution in [0.2, 0.25) is 0 Å². The van der Waals surface area contributed by atoms with Gasteiger partial charge in [0.2, 0.25) is 28.2 Å². The van der Waals surface area contributed by atoms with Crippen molar-refractivity contribution in [3.63, 3.8) is 0 Å². The Hall–Kier alpha value is -3.04. The zero-order valence-electron chi connectivity index (χ0n) is 13.6. The van der Waals surface area contributed by atoms with E-state index in [0.717, 1.165) is 5.56 Å². The normalized spacial score (nSPS) is 11.2. The number of carbonyl (C=O) groups is 1. The van der Waals surface area contributed by atoms with Gasteiger partial charge in [0.15, 0.2) is 0 Å². The van der Waals surface area contributed by atoms with Crippen molar-refractivity contribution in [3.8, 4) is 11.5 Å². The zero-order chi connectivity index (χ0) is 18.4. The van der Waals surface area contributed by atoms with Crippen molar-refractivity contribution in [2.45, 2.75) is 11.3 Å². The molecule has 0 bridgehead atoms. The van der Waals surface area contributed by atoms with E-state index in [1.807, 2.05) is 0 Å². The summed E-state index contributed by atoms with van der Waals surface area (Å²) in [6.45, 7) is 0.00310. The van der Waals surface area contributed by atoms with Gasteiger partial charge in [0, 0.05) is 24.2 Å². The fourth-order valence-corrected chi connectivity index (χ4v) is 3.25. The van der Waals surface area contributed by atoms with Crippen LogP contribution in [0.5, 0.6) is 0 Å². The lowest BCUT2D eigenvalue weighted by Crippen LogP contribution is -2.27. The predicted octanol–water partition coefficient (Wildman–Crippen LogP) is 2.04. The van der Waals surface area contributed by atoms with Gasteiger partial charge in [-0.1, -0.05) is 18.2 Å². The second-order valence-electron chi connectivity index (χ2n) is 5.33. The molecule has 0 saturated heterocycles. The SMILES string of the molecule is O=C(CCNS(=O)(=O)c1ccccc1)Nc1ccc(-c2nnco2)cc1. The molecular weight excluding hydrogens is 356 g/mol. The summed E-state index contributed by atoms with van der Waals surface area (Å²) in [7, 11) is -3.61. The maximum absolute atomic E-state index is 12.1. The van der Waals surface area contributed by atoms with E-state index < -0.39 is 10.0 Å². The highest BCUT2D eigenvalue weighted by atomic mass is 32.2. The van der Waals surface area contributed by atoms with Crippen LogP contribution in [0.1, 0.15) is 6.42 Å². The van der Waals surface area contributed by atoms with Gasteiger partial charge in [0.1, 0.15) is 0 Å². The quantitative estimate of drug-likeness (QED) is 0.656. The summed E-state index contributed by atoms with van der Waals surface area (Å²) >= 11 is 0. The third-order valence-corrected chi connectivity index (χ3v) is 4.95. The van der Waals surface area contributed by atoms with Crippen molar-refractivity contribution < 1.29 is 17.6 Å². The number of nitrogens with one attached hydrogen (secondary N) is 2. The number of carbonyl (C=O) groups excluding carboxylic acids is 1. The topological polar surface area (TPSA) is 114 Å². The van der Waals surface area contributed by atoms with E-state index in [0.29, 0.717) is 11.6 Å². The fraction of sp³-hybridized carbons (Fsp3) is 0.118. The first kappa shape index (κ1) is 17.8.